The Morgan fingerprint density at radius 2 is 0.764 bits per heavy atom. The van der Waals surface area contributed by atoms with Gasteiger partial charge >= 0.3 is 0 Å². The smallest absolute Gasteiger partial charge is 0.119 e. The molecular formula is C65H76O7. The number of rotatable bonds is 22. The van der Waals surface area contributed by atoms with Gasteiger partial charge in [0.15, 0.2) is 0 Å². The van der Waals surface area contributed by atoms with Crippen LogP contribution in [0.5, 0.6) is 11.5 Å². The third-order valence-corrected chi connectivity index (χ3v) is 16.5. The van der Waals surface area contributed by atoms with E-state index in [1.165, 1.54) is 84.7 Å². The molecule has 2 aliphatic heterocycles. The summed E-state index contributed by atoms with van der Waals surface area (Å²) in [6.45, 7) is 11.5. The molecule has 10 rings (SSSR count). The van der Waals surface area contributed by atoms with E-state index in [1.807, 2.05) is 0 Å². The van der Waals surface area contributed by atoms with E-state index in [9.17, 15) is 5.11 Å². The van der Waals surface area contributed by atoms with Crippen molar-refractivity contribution in [2.24, 2.45) is 11.8 Å². The van der Waals surface area contributed by atoms with Crippen molar-refractivity contribution in [3.63, 3.8) is 0 Å². The molecule has 5 unspecified atom stereocenters. The van der Waals surface area contributed by atoms with Gasteiger partial charge < -0.3 is 33.5 Å². The molecule has 2 saturated heterocycles. The molecule has 4 fully saturated rings. The highest BCUT2D eigenvalue weighted by Crippen LogP contribution is 2.53. The van der Waals surface area contributed by atoms with Crippen molar-refractivity contribution in [2.45, 2.75) is 132 Å². The van der Waals surface area contributed by atoms with Gasteiger partial charge in [-0.3, -0.25) is 0 Å². The molecule has 378 valence electrons. The molecule has 0 bridgehead atoms. The SMILES string of the molecule is CC(C)(OCC(O)COc1ccc(C(c2ccccc2)(c2ccc(C(C)(C)OCC3CO3)cc2)C2CCCCC2)cc1)c1ccc(C(c2ccccc2)(c2ccc(OCC3CO3)cc2)C2CCCCC2)cc1. The van der Waals surface area contributed by atoms with Crippen molar-refractivity contribution in [3.8, 4) is 11.5 Å². The van der Waals surface area contributed by atoms with Crippen LogP contribution in [0.15, 0.2) is 158 Å². The lowest BCUT2D eigenvalue weighted by Gasteiger charge is -2.45. The monoisotopic (exact) mass is 969 g/mol. The lowest BCUT2D eigenvalue weighted by atomic mass is 9.58. The molecule has 2 aliphatic carbocycles. The van der Waals surface area contributed by atoms with Crippen LogP contribution in [-0.2, 0) is 41.0 Å². The van der Waals surface area contributed by atoms with Crippen LogP contribution in [0.25, 0.3) is 0 Å². The maximum absolute atomic E-state index is 11.4. The normalized spacial score (nSPS) is 20.7. The lowest BCUT2D eigenvalue weighted by molar-refractivity contribution is -0.0717. The second-order valence-corrected chi connectivity index (χ2v) is 22.1. The average Bonchev–Trinajstić information content (AvgIpc) is 4.39. The lowest BCUT2D eigenvalue weighted by Crippen LogP contribution is -2.39. The van der Waals surface area contributed by atoms with Gasteiger partial charge in [-0.25, -0.2) is 0 Å². The van der Waals surface area contributed by atoms with Crippen LogP contribution < -0.4 is 9.47 Å². The van der Waals surface area contributed by atoms with E-state index in [-0.39, 0.29) is 36.3 Å². The maximum Gasteiger partial charge on any atom is 0.119 e. The van der Waals surface area contributed by atoms with E-state index in [4.69, 9.17) is 28.4 Å². The molecule has 0 amide bonds. The van der Waals surface area contributed by atoms with Crippen molar-refractivity contribution < 1.29 is 33.5 Å². The predicted molar refractivity (Wildman–Crippen MR) is 286 cm³/mol. The Morgan fingerprint density at radius 3 is 1.18 bits per heavy atom. The van der Waals surface area contributed by atoms with Crippen LogP contribution in [0.3, 0.4) is 0 Å². The number of benzene rings is 6. The Morgan fingerprint density at radius 1 is 0.417 bits per heavy atom. The van der Waals surface area contributed by atoms with Gasteiger partial charge in [-0.05, 0) is 134 Å². The summed E-state index contributed by atoms with van der Waals surface area (Å²) < 4.78 is 36.2. The molecule has 0 spiro atoms. The molecule has 7 nitrogen and oxygen atoms in total. The van der Waals surface area contributed by atoms with Crippen LogP contribution in [0, 0.1) is 11.8 Å². The fraction of sp³-hybridized carbons (Fsp3) is 0.446. The predicted octanol–water partition coefficient (Wildman–Crippen LogP) is 13.6. The highest BCUT2D eigenvalue weighted by molar-refractivity contribution is 5.55. The molecule has 0 aromatic heterocycles. The highest BCUT2D eigenvalue weighted by atomic mass is 16.6. The van der Waals surface area contributed by atoms with Gasteiger partial charge in [0.05, 0.1) is 37.6 Å². The molecule has 0 radical (unpaired) electrons. The first kappa shape index (κ1) is 50.3. The third-order valence-electron chi connectivity index (χ3n) is 16.5. The molecular weight excluding hydrogens is 893 g/mol. The molecule has 5 atom stereocenters. The van der Waals surface area contributed by atoms with E-state index in [1.54, 1.807) is 0 Å². The summed E-state index contributed by atoms with van der Waals surface area (Å²) in [6, 6.07) is 57.9. The first-order valence-corrected chi connectivity index (χ1v) is 27.0. The van der Waals surface area contributed by atoms with Crippen LogP contribution in [0.4, 0.5) is 0 Å². The van der Waals surface area contributed by atoms with E-state index in [2.05, 4.69) is 185 Å². The van der Waals surface area contributed by atoms with E-state index < -0.39 is 17.3 Å². The first-order valence-electron chi connectivity index (χ1n) is 27.0. The second-order valence-electron chi connectivity index (χ2n) is 22.1. The number of aliphatic hydroxyl groups is 1. The van der Waals surface area contributed by atoms with Crippen molar-refractivity contribution in [1.82, 2.24) is 0 Å². The topological polar surface area (TPSA) is 82.2 Å². The minimum atomic E-state index is -0.821. The number of aliphatic hydroxyl groups excluding tert-OH is 1. The molecule has 2 heterocycles. The highest BCUT2D eigenvalue weighted by Gasteiger charge is 2.46. The summed E-state index contributed by atoms with van der Waals surface area (Å²) in [5.41, 5.74) is 8.17. The summed E-state index contributed by atoms with van der Waals surface area (Å²) in [5.74, 6) is 2.46. The third kappa shape index (κ3) is 11.0. The van der Waals surface area contributed by atoms with E-state index in [0.29, 0.717) is 25.0 Å². The van der Waals surface area contributed by atoms with Crippen molar-refractivity contribution in [2.75, 3.05) is 39.6 Å². The van der Waals surface area contributed by atoms with Gasteiger partial charge in [-0.15, -0.1) is 0 Å². The van der Waals surface area contributed by atoms with Crippen molar-refractivity contribution >= 4 is 0 Å². The second kappa shape index (κ2) is 22.1. The number of epoxide rings is 2. The Kier molecular flexibility index (Phi) is 15.4. The quantitative estimate of drug-likeness (QED) is 0.0536. The number of hydrogen-bond donors (Lipinski definition) is 1. The number of hydrogen-bond acceptors (Lipinski definition) is 7. The van der Waals surface area contributed by atoms with Gasteiger partial charge in [0.1, 0.15) is 43.0 Å². The fourth-order valence-corrected chi connectivity index (χ4v) is 12.3. The zero-order chi connectivity index (χ0) is 49.6. The van der Waals surface area contributed by atoms with Crippen LogP contribution in [0.2, 0.25) is 0 Å². The molecule has 1 N–H and O–H groups in total. The van der Waals surface area contributed by atoms with Gasteiger partial charge in [-0.2, -0.15) is 0 Å². The average molecular weight is 969 g/mol. The Hall–Kier alpha value is -5.28. The van der Waals surface area contributed by atoms with Crippen LogP contribution in [0.1, 0.15) is 136 Å². The first-order chi connectivity index (χ1) is 35.1. The zero-order valence-electron chi connectivity index (χ0n) is 43.1. The largest absolute Gasteiger partial charge is 0.491 e. The number of ether oxygens (including phenoxy) is 6. The summed E-state index contributed by atoms with van der Waals surface area (Å²) in [7, 11) is 0. The minimum absolute atomic E-state index is 0.117. The van der Waals surface area contributed by atoms with Crippen molar-refractivity contribution in [3.05, 3.63) is 202 Å². The summed E-state index contributed by atoms with van der Waals surface area (Å²) >= 11 is 0. The fourth-order valence-electron chi connectivity index (χ4n) is 12.3. The molecule has 72 heavy (non-hydrogen) atoms. The van der Waals surface area contributed by atoms with Crippen LogP contribution in [-0.4, -0.2) is 63.1 Å². The van der Waals surface area contributed by atoms with Crippen molar-refractivity contribution in [1.29, 1.82) is 0 Å². The molecule has 6 aromatic carbocycles. The Bertz CT molecular complexity index is 2610. The van der Waals surface area contributed by atoms with Gasteiger partial charge in [-0.1, -0.05) is 172 Å². The standard InChI is InChI=1S/C65H76O7/c1-62(2,47-25-29-53(30-26-47)65(51-21-13-7-14-22-51,52-23-15-8-16-24-52)56-35-39-59(40-36-56)68-43-60-44-69-60)71-42-57(66)41-67-58-37-33-55(34-38-58)64(49-17-9-5-10-18-49,50-19-11-6-12-20-50)54-31-27-48(28-32-54)63(3,4)72-46-61-45-70-61/h5,7,9-10,13-14,17-18,21-22,25-40,50,52,57,60-61,66H,6,8,11-12,15-16,19-20,23-24,41-46H2,1-4H3. The zero-order valence-corrected chi connectivity index (χ0v) is 43.1. The Balaban J connectivity index is 0.841. The minimum Gasteiger partial charge on any atom is -0.491 e. The van der Waals surface area contributed by atoms with Crippen LogP contribution >= 0.6 is 0 Å². The maximum atomic E-state index is 11.4. The van der Waals surface area contributed by atoms with Gasteiger partial charge in [0, 0.05) is 10.8 Å². The molecule has 2 saturated carbocycles. The summed E-state index contributed by atoms with van der Waals surface area (Å²) in [6.07, 6.45) is 11.7. The molecule has 7 heteroatoms. The summed E-state index contributed by atoms with van der Waals surface area (Å²) in [5, 5.41) is 11.4. The Labute approximate surface area is 429 Å². The van der Waals surface area contributed by atoms with E-state index in [0.717, 1.165) is 48.7 Å². The van der Waals surface area contributed by atoms with E-state index >= 15 is 0 Å². The molecule has 4 aliphatic rings. The van der Waals surface area contributed by atoms with Gasteiger partial charge in [0.2, 0.25) is 0 Å². The summed E-state index contributed by atoms with van der Waals surface area (Å²) in [4.78, 5) is 0. The molecule has 6 aromatic rings. The van der Waals surface area contributed by atoms with Gasteiger partial charge in [0.25, 0.3) is 0 Å².